The van der Waals surface area contributed by atoms with E-state index in [1.807, 2.05) is 35.2 Å². The van der Waals surface area contributed by atoms with Gasteiger partial charge in [-0.2, -0.15) is 0 Å². The number of amides is 1. The lowest BCUT2D eigenvalue weighted by Crippen LogP contribution is -2.50. The first-order valence-electron chi connectivity index (χ1n) is 8.88. The van der Waals surface area contributed by atoms with Crippen molar-refractivity contribution in [1.29, 1.82) is 0 Å². The van der Waals surface area contributed by atoms with Gasteiger partial charge in [-0.05, 0) is 50.6 Å². The first-order valence-corrected chi connectivity index (χ1v) is 8.88. The smallest absolute Gasteiger partial charge is 0.229 e. The molecule has 2 atom stereocenters. The minimum absolute atomic E-state index is 0.107. The molecule has 138 valence electrons. The average molecular weight is 346 g/mol. The molecule has 1 amide bonds. The SMILES string of the molecule is C=CCN(C)C1CCCC1N(C(=O)CCOC)c1ccc(OC)cc1. The summed E-state index contributed by atoms with van der Waals surface area (Å²) < 4.78 is 10.4. The lowest BCUT2D eigenvalue weighted by Gasteiger charge is -2.37. The predicted octanol–water partition coefficient (Wildman–Crippen LogP) is 3.10. The first kappa shape index (κ1) is 19.5. The third-order valence-electron chi connectivity index (χ3n) is 4.90. The maximum atomic E-state index is 12.9. The minimum atomic E-state index is 0.107. The third kappa shape index (κ3) is 4.83. The second-order valence-electron chi connectivity index (χ2n) is 6.50. The third-order valence-corrected chi connectivity index (χ3v) is 4.90. The number of carbonyl (C=O) groups is 1. The van der Waals surface area contributed by atoms with Crippen molar-refractivity contribution in [3.05, 3.63) is 36.9 Å². The molecule has 0 saturated heterocycles. The van der Waals surface area contributed by atoms with Gasteiger partial charge in [0, 0.05) is 25.4 Å². The van der Waals surface area contributed by atoms with Gasteiger partial charge in [0.1, 0.15) is 5.75 Å². The van der Waals surface area contributed by atoms with Crippen molar-refractivity contribution >= 4 is 11.6 Å². The summed E-state index contributed by atoms with van der Waals surface area (Å²) in [5.74, 6) is 0.899. The van der Waals surface area contributed by atoms with Crippen molar-refractivity contribution in [2.75, 3.05) is 39.3 Å². The van der Waals surface area contributed by atoms with E-state index in [1.165, 1.54) is 0 Å². The highest BCUT2D eigenvalue weighted by Crippen LogP contribution is 2.32. The van der Waals surface area contributed by atoms with Crippen molar-refractivity contribution in [2.45, 2.75) is 37.8 Å². The summed E-state index contributed by atoms with van der Waals surface area (Å²) in [6.45, 7) is 5.10. The molecule has 0 radical (unpaired) electrons. The number of carbonyl (C=O) groups excluding carboxylic acids is 1. The molecule has 1 aromatic carbocycles. The van der Waals surface area contributed by atoms with Crippen molar-refractivity contribution in [2.24, 2.45) is 0 Å². The van der Waals surface area contributed by atoms with Gasteiger partial charge in [0.2, 0.25) is 5.91 Å². The van der Waals surface area contributed by atoms with E-state index in [-0.39, 0.29) is 11.9 Å². The largest absolute Gasteiger partial charge is 0.497 e. The number of rotatable bonds is 9. The van der Waals surface area contributed by atoms with Gasteiger partial charge >= 0.3 is 0 Å². The molecule has 1 fully saturated rings. The zero-order chi connectivity index (χ0) is 18.2. The van der Waals surface area contributed by atoms with Crippen LogP contribution in [0.3, 0.4) is 0 Å². The predicted molar refractivity (Wildman–Crippen MR) is 101 cm³/mol. The van der Waals surface area contributed by atoms with E-state index in [1.54, 1.807) is 14.2 Å². The van der Waals surface area contributed by atoms with Gasteiger partial charge in [-0.15, -0.1) is 6.58 Å². The van der Waals surface area contributed by atoms with E-state index in [2.05, 4.69) is 18.5 Å². The molecule has 5 heteroatoms. The van der Waals surface area contributed by atoms with Crippen LogP contribution in [0, 0.1) is 0 Å². The quantitative estimate of drug-likeness (QED) is 0.645. The highest BCUT2D eigenvalue weighted by Gasteiger charge is 2.37. The van der Waals surface area contributed by atoms with Crippen LogP contribution in [0.4, 0.5) is 5.69 Å². The first-order chi connectivity index (χ1) is 12.1. The molecule has 1 aromatic rings. The van der Waals surface area contributed by atoms with E-state index < -0.39 is 0 Å². The lowest BCUT2D eigenvalue weighted by molar-refractivity contribution is -0.120. The molecule has 2 unspecified atom stereocenters. The topological polar surface area (TPSA) is 42.0 Å². The Hall–Kier alpha value is -1.85. The highest BCUT2D eigenvalue weighted by molar-refractivity contribution is 5.94. The maximum absolute atomic E-state index is 12.9. The number of hydrogen-bond acceptors (Lipinski definition) is 4. The number of anilines is 1. The average Bonchev–Trinajstić information content (AvgIpc) is 3.10. The van der Waals surface area contributed by atoms with Gasteiger partial charge < -0.3 is 14.4 Å². The number of likely N-dealkylation sites (N-methyl/N-ethyl adjacent to an activating group) is 1. The molecule has 0 aromatic heterocycles. The fourth-order valence-electron chi connectivity index (χ4n) is 3.65. The molecule has 2 rings (SSSR count). The van der Waals surface area contributed by atoms with Crippen LogP contribution in [0.1, 0.15) is 25.7 Å². The molecular weight excluding hydrogens is 316 g/mol. The number of benzene rings is 1. The summed E-state index contributed by atoms with van der Waals surface area (Å²) in [4.78, 5) is 17.2. The monoisotopic (exact) mass is 346 g/mol. The number of methoxy groups -OCH3 is 2. The van der Waals surface area contributed by atoms with Crippen molar-refractivity contribution in [3.8, 4) is 5.75 Å². The van der Waals surface area contributed by atoms with Crippen molar-refractivity contribution in [3.63, 3.8) is 0 Å². The summed E-state index contributed by atoms with van der Waals surface area (Å²) in [6.07, 6.45) is 5.54. The summed E-state index contributed by atoms with van der Waals surface area (Å²) in [6, 6.07) is 8.25. The highest BCUT2D eigenvalue weighted by atomic mass is 16.5. The van der Waals surface area contributed by atoms with Gasteiger partial charge in [0.25, 0.3) is 0 Å². The van der Waals surface area contributed by atoms with Crippen LogP contribution >= 0.6 is 0 Å². The Morgan fingerprint density at radius 3 is 2.52 bits per heavy atom. The van der Waals surface area contributed by atoms with Crippen LogP contribution in [0.15, 0.2) is 36.9 Å². The maximum Gasteiger partial charge on any atom is 0.229 e. The van der Waals surface area contributed by atoms with Crippen LogP contribution in [-0.4, -0.2) is 57.3 Å². The van der Waals surface area contributed by atoms with Crippen LogP contribution in [0.25, 0.3) is 0 Å². The van der Waals surface area contributed by atoms with E-state index in [4.69, 9.17) is 9.47 Å². The van der Waals surface area contributed by atoms with Gasteiger partial charge in [-0.1, -0.05) is 6.08 Å². The van der Waals surface area contributed by atoms with E-state index in [0.717, 1.165) is 37.2 Å². The molecule has 25 heavy (non-hydrogen) atoms. The van der Waals surface area contributed by atoms with E-state index in [9.17, 15) is 4.79 Å². The van der Waals surface area contributed by atoms with Crippen LogP contribution in [0.5, 0.6) is 5.75 Å². The van der Waals surface area contributed by atoms with Gasteiger partial charge in [0.15, 0.2) is 0 Å². The lowest BCUT2D eigenvalue weighted by atomic mass is 10.1. The molecule has 0 bridgehead atoms. The van der Waals surface area contributed by atoms with Gasteiger partial charge in [-0.3, -0.25) is 9.69 Å². The molecule has 1 saturated carbocycles. The molecule has 0 heterocycles. The summed E-state index contributed by atoms with van der Waals surface area (Å²) in [5, 5.41) is 0. The zero-order valence-electron chi connectivity index (χ0n) is 15.6. The second kappa shape index (κ2) is 9.59. The minimum Gasteiger partial charge on any atom is -0.497 e. The summed E-state index contributed by atoms with van der Waals surface area (Å²) >= 11 is 0. The van der Waals surface area contributed by atoms with E-state index in [0.29, 0.717) is 19.1 Å². The summed E-state index contributed by atoms with van der Waals surface area (Å²) in [5.41, 5.74) is 0.922. The number of ether oxygens (including phenoxy) is 2. The number of nitrogens with zero attached hydrogens (tertiary/aromatic N) is 2. The fourth-order valence-corrected chi connectivity index (χ4v) is 3.65. The normalized spacial score (nSPS) is 19.8. The fraction of sp³-hybridized carbons (Fsp3) is 0.550. The van der Waals surface area contributed by atoms with Gasteiger partial charge in [0.05, 0.1) is 26.2 Å². The molecular formula is C20H30N2O3. The molecule has 0 aliphatic heterocycles. The molecule has 5 nitrogen and oxygen atoms in total. The zero-order valence-corrected chi connectivity index (χ0v) is 15.6. The molecule has 0 spiro atoms. The van der Waals surface area contributed by atoms with Crippen molar-refractivity contribution in [1.82, 2.24) is 4.90 Å². The van der Waals surface area contributed by atoms with Crippen LogP contribution < -0.4 is 9.64 Å². The molecule has 1 aliphatic rings. The second-order valence-corrected chi connectivity index (χ2v) is 6.50. The Balaban J connectivity index is 2.29. The standard InChI is InChI=1S/C20H30N2O3/c1-5-14-21(2)18-7-6-8-19(18)22(20(23)13-15-24-3)16-9-11-17(25-4)12-10-16/h5,9-12,18-19H,1,6-8,13-15H2,2-4H3. The summed E-state index contributed by atoms with van der Waals surface area (Å²) in [7, 11) is 5.38. The molecule has 1 aliphatic carbocycles. The Morgan fingerprint density at radius 1 is 1.24 bits per heavy atom. The van der Waals surface area contributed by atoms with Crippen LogP contribution in [0.2, 0.25) is 0 Å². The molecule has 0 N–H and O–H groups in total. The van der Waals surface area contributed by atoms with Gasteiger partial charge in [-0.25, -0.2) is 0 Å². The van der Waals surface area contributed by atoms with Crippen molar-refractivity contribution < 1.29 is 14.3 Å². The Morgan fingerprint density at radius 2 is 1.92 bits per heavy atom. The Kier molecular flexibility index (Phi) is 7.47. The Bertz CT molecular complexity index is 559. The Labute approximate surface area is 151 Å². The number of hydrogen-bond donors (Lipinski definition) is 0. The van der Waals surface area contributed by atoms with Crippen LogP contribution in [-0.2, 0) is 9.53 Å². The van der Waals surface area contributed by atoms with E-state index >= 15 is 0 Å².